The van der Waals surface area contributed by atoms with Crippen LogP contribution >= 0.6 is 0 Å². The standard InChI is InChI=1S/C26H36/c1-6-11-14-21-17-18-22(15-12-7-2)26-24(10-5)20(9-4)19-23(25(21)26)16-13-8-3/h9-10,17-19H,4-8,11-16H2,1-3H3. The molecule has 0 heterocycles. The van der Waals surface area contributed by atoms with Gasteiger partial charge in [-0.05, 0) is 77.1 Å². The van der Waals surface area contributed by atoms with Gasteiger partial charge in [-0.3, -0.25) is 0 Å². The van der Waals surface area contributed by atoms with Crippen molar-refractivity contribution in [3.8, 4) is 0 Å². The van der Waals surface area contributed by atoms with E-state index in [1.165, 1.54) is 83.5 Å². The zero-order valence-electron chi connectivity index (χ0n) is 17.2. The Morgan fingerprint density at radius 1 is 0.692 bits per heavy atom. The summed E-state index contributed by atoms with van der Waals surface area (Å²) in [6, 6.07) is 7.16. The summed E-state index contributed by atoms with van der Waals surface area (Å²) in [5.41, 5.74) is 7.03. The molecule has 0 spiro atoms. The van der Waals surface area contributed by atoms with Gasteiger partial charge < -0.3 is 0 Å². The topological polar surface area (TPSA) is 0 Å². The summed E-state index contributed by atoms with van der Waals surface area (Å²) in [4.78, 5) is 0. The van der Waals surface area contributed by atoms with Gasteiger partial charge in [-0.1, -0.05) is 83.5 Å². The fraction of sp³-hybridized carbons (Fsp3) is 0.462. The third kappa shape index (κ3) is 4.47. The molecule has 0 aromatic heterocycles. The summed E-state index contributed by atoms with van der Waals surface area (Å²) in [5, 5.41) is 2.96. The van der Waals surface area contributed by atoms with E-state index in [0.717, 1.165) is 12.8 Å². The minimum atomic E-state index is 1.15. The molecule has 0 heteroatoms. The van der Waals surface area contributed by atoms with Gasteiger partial charge in [-0.25, -0.2) is 0 Å². The lowest BCUT2D eigenvalue weighted by Crippen LogP contribution is -2.01. The highest BCUT2D eigenvalue weighted by Crippen LogP contribution is 2.35. The molecule has 0 saturated carbocycles. The number of fused-ring (bicyclic) bond motifs is 1. The van der Waals surface area contributed by atoms with E-state index in [2.05, 4.69) is 52.1 Å². The molecule has 0 bridgehead atoms. The normalized spacial score (nSPS) is 11.0. The Hall–Kier alpha value is -1.82. The molecule has 0 aliphatic carbocycles. The summed E-state index contributed by atoms with van der Waals surface area (Å²) in [5.74, 6) is 0. The van der Waals surface area contributed by atoms with E-state index >= 15 is 0 Å². The first kappa shape index (κ1) is 20.5. The van der Waals surface area contributed by atoms with E-state index in [0.29, 0.717) is 0 Å². The van der Waals surface area contributed by atoms with Crippen LogP contribution in [-0.4, -0.2) is 0 Å². The Kier molecular flexibility index (Phi) is 8.16. The maximum atomic E-state index is 4.15. The number of benzene rings is 2. The first-order valence-corrected chi connectivity index (χ1v) is 10.6. The van der Waals surface area contributed by atoms with E-state index in [1.54, 1.807) is 0 Å². The van der Waals surface area contributed by atoms with E-state index in [9.17, 15) is 0 Å². The average Bonchev–Trinajstić information content (AvgIpc) is 2.68. The Bertz CT molecular complexity index is 748. The SMILES string of the molecule is C=Cc1cc(CCCC)c2c(CCCC)ccc(CCCC)c2c1C=C. The Morgan fingerprint density at radius 3 is 1.65 bits per heavy atom. The van der Waals surface area contributed by atoms with Gasteiger partial charge in [0.25, 0.3) is 0 Å². The average molecular weight is 349 g/mol. The van der Waals surface area contributed by atoms with Gasteiger partial charge in [-0.15, -0.1) is 0 Å². The Morgan fingerprint density at radius 2 is 1.19 bits per heavy atom. The fourth-order valence-electron chi connectivity index (χ4n) is 3.95. The molecule has 0 N–H and O–H groups in total. The molecular weight excluding hydrogens is 312 g/mol. The van der Waals surface area contributed by atoms with Crippen LogP contribution in [0.25, 0.3) is 22.9 Å². The Balaban J connectivity index is 2.81. The molecule has 0 nitrogen and oxygen atoms in total. The molecule has 26 heavy (non-hydrogen) atoms. The summed E-state index contributed by atoms with van der Waals surface area (Å²) in [7, 11) is 0. The maximum Gasteiger partial charge on any atom is -0.00680 e. The van der Waals surface area contributed by atoms with Gasteiger partial charge in [0.05, 0.1) is 0 Å². The van der Waals surface area contributed by atoms with Gasteiger partial charge in [0.1, 0.15) is 0 Å². The van der Waals surface area contributed by atoms with Crippen LogP contribution in [0.15, 0.2) is 31.4 Å². The van der Waals surface area contributed by atoms with Crippen LogP contribution < -0.4 is 0 Å². The van der Waals surface area contributed by atoms with Crippen molar-refractivity contribution < 1.29 is 0 Å². The molecule has 0 amide bonds. The third-order valence-corrected chi connectivity index (χ3v) is 5.43. The zero-order chi connectivity index (χ0) is 18.9. The molecule has 2 aromatic carbocycles. The van der Waals surface area contributed by atoms with Crippen molar-refractivity contribution in [2.75, 3.05) is 0 Å². The second-order valence-corrected chi connectivity index (χ2v) is 7.39. The lowest BCUT2D eigenvalue weighted by atomic mass is 9.85. The van der Waals surface area contributed by atoms with E-state index in [-0.39, 0.29) is 0 Å². The predicted octanol–water partition coefficient (Wildman–Crippen LogP) is 8.15. The highest BCUT2D eigenvalue weighted by molar-refractivity contribution is 6.00. The lowest BCUT2D eigenvalue weighted by molar-refractivity contribution is 0.785. The molecule has 0 unspecified atom stereocenters. The molecule has 140 valence electrons. The van der Waals surface area contributed by atoms with Gasteiger partial charge in [0.15, 0.2) is 0 Å². The number of hydrogen-bond acceptors (Lipinski definition) is 0. The predicted molar refractivity (Wildman–Crippen MR) is 120 cm³/mol. The van der Waals surface area contributed by atoms with Crippen LogP contribution in [0.4, 0.5) is 0 Å². The molecule has 0 atom stereocenters. The largest absolute Gasteiger partial charge is 0.0984 e. The molecule has 0 saturated heterocycles. The quantitative estimate of drug-likeness (QED) is 0.384. The first-order chi connectivity index (χ1) is 12.7. The maximum absolute atomic E-state index is 4.15. The molecule has 0 aliphatic rings. The van der Waals surface area contributed by atoms with Crippen molar-refractivity contribution >= 4 is 22.9 Å². The highest BCUT2D eigenvalue weighted by atomic mass is 14.2. The monoisotopic (exact) mass is 348 g/mol. The second kappa shape index (κ2) is 10.4. The molecule has 0 aliphatic heterocycles. The van der Waals surface area contributed by atoms with Crippen LogP contribution in [0.3, 0.4) is 0 Å². The van der Waals surface area contributed by atoms with E-state index < -0.39 is 0 Å². The lowest BCUT2D eigenvalue weighted by Gasteiger charge is -2.19. The minimum Gasteiger partial charge on any atom is -0.0984 e. The smallest absolute Gasteiger partial charge is 0.00680 e. The Labute approximate surface area is 161 Å². The summed E-state index contributed by atoms with van der Waals surface area (Å²) < 4.78 is 0. The number of hydrogen-bond donors (Lipinski definition) is 0. The fourth-order valence-corrected chi connectivity index (χ4v) is 3.95. The van der Waals surface area contributed by atoms with Gasteiger partial charge in [-0.2, -0.15) is 0 Å². The summed E-state index contributed by atoms with van der Waals surface area (Å²) >= 11 is 0. The number of unbranched alkanes of at least 4 members (excludes halogenated alkanes) is 3. The second-order valence-electron chi connectivity index (χ2n) is 7.39. The number of rotatable bonds is 11. The minimum absolute atomic E-state index is 1.15. The van der Waals surface area contributed by atoms with Gasteiger partial charge in [0, 0.05) is 0 Å². The van der Waals surface area contributed by atoms with Crippen molar-refractivity contribution in [2.45, 2.75) is 78.6 Å². The van der Waals surface area contributed by atoms with E-state index in [1.807, 2.05) is 12.2 Å². The highest BCUT2D eigenvalue weighted by Gasteiger charge is 2.15. The molecule has 0 radical (unpaired) electrons. The molecular formula is C26H36. The van der Waals surface area contributed by atoms with Gasteiger partial charge >= 0.3 is 0 Å². The van der Waals surface area contributed by atoms with Crippen molar-refractivity contribution in [3.05, 3.63) is 59.2 Å². The van der Waals surface area contributed by atoms with Crippen LogP contribution in [0, 0.1) is 0 Å². The molecule has 2 aromatic rings. The van der Waals surface area contributed by atoms with Crippen molar-refractivity contribution in [2.24, 2.45) is 0 Å². The van der Waals surface area contributed by atoms with Gasteiger partial charge in [0.2, 0.25) is 0 Å². The van der Waals surface area contributed by atoms with Crippen molar-refractivity contribution in [3.63, 3.8) is 0 Å². The van der Waals surface area contributed by atoms with E-state index in [4.69, 9.17) is 0 Å². The van der Waals surface area contributed by atoms with Crippen LogP contribution in [-0.2, 0) is 19.3 Å². The third-order valence-electron chi connectivity index (χ3n) is 5.43. The first-order valence-electron chi connectivity index (χ1n) is 10.6. The molecule has 2 rings (SSSR count). The molecule has 0 fully saturated rings. The van der Waals surface area contributed by atoms with Crippen molar-refractivity contribution in [1.29, 1.82) is 0 Å². The summed E-state index contributed by atoms with van der Waals surface area (Å²) in [6.07, 6.45) is 15.0. The number of aryl methyl sites for hydroxylation is 3. The zero-order valence-corrected chi connectivity index (χ0v) is 17.2. The van der Waals surface area contributed by atoms with Crippen LogP contribution in [0.2, 0.25) is 0 Å². The summed E-state index contributed by atoms with van der Waals surface area (Å²) in [6.45, 7) is 15.1. The van der Waals surface area contributed by atoms with Crippen LogP contribution in [0.5, 0.6) is 0 Å². The van der Waals surface area contributed by atoms with Crippen molar-refractivity contribution in [1.82, 2.24) is 0 Å². The van der Waals surface area contributed by atoms with Crippen LogP contribution in [0.1, 0.15) is 87.1 Å².